The van der Waals surface area contributed by atoms with Gasteiger partial charge in [0.05, 0.1) is 6.20 Å². The fraction of sp³-hybridized carbons (Fsp3) is 0.167. The molecule has 114 valence electrons. The SMILES string of the molecule is CC(=O)Nc1cccc([As](=O)(O)O)c1O.Cc1ccno1. The van der Waals surface area contributed by atoms with E-state index in [9.17, 15) is 13.6 Å². The van der Waals surface area contributed by atoms with Crippen LogP contribution in [-0.2, 0) is 8.53 Å². The largest absolute Gasteiger partial charge is 0.362 e. The maximum Gasteiger partial charge on any atom is 0.133 e. The number of aromatic nitrogens is 1. The van der Waals surface area contributed by atoms with Gasteiger partial charge in [-0.05, 0) is 6.92 Å². The molecular formula is C12H15AsN2O6. The van der Waals surface area contributed by atoms with Gasteiger partial charge in [-0.1, -0.05) is 5.16 Å². The average Bonchev–Trinajstić information content (AvgIpc) is 2.82. The molecule has 2 aromatic rings. The number of carbonyl (C=O) groups is 1. The van der Waals surface area contributed by atoms with Crippen LogP contribution in [0.2, 0.25) is 0 Å². The van der Waals surface area contributed by atoms with Crippen LogP contribution in [0.25, 0.3) is 0 Å². The third-order valence-corrected chi connectivity index (χ3v) is 4.28. The molecule has 9 heteroatoms. The van der Waals surface area contributed by atoms with Crippen LogP contribution in [0.3, 0.4) is 0 Å². The number of amides is 1. The Morgan fingerprint density at radius 3 is 2.38 bits per heavy atom. The van der Waals surface area contributed by atoms with Crippen molar-refractivity contribution in [1.29, 1.82) is 0 Å². The van der Waals surface area contributed by atoms with Gasteiger partial charge >= 0.3 is 88.1 Å². The summed E-state index contributed by atoms with van der Waals surface area (Å²) in [6.45, 7) is 3.08. The second kappa shape index (κ2) is 7.12. The zero-order chi connectivity index (χ0) is 16.0. The Morgan fingerprint density at radius 1 is 1.33 bits per heavy atom. The molecule has 4 N–H and O–H groups in total. The Balaban J connectivity index is 0.000000304. The fourth-order valence-corrected chi connectivity index (χ4v) is 2.76. The summed E-state index contributed by atoms with van der Waals surface area (Å²) >= 11 is -5.15. The Bertz CT molecular complexity index is 650. The van der Waals surface area contributed by atoms with Crippen molar-refractivity contribution < 1.29 is 26.4 Å². The molecule has 1 aromatic heterocycles. The molecule has 0 atom stereocenters. The van der Waals surface area contributed by atoms with Crippen molar-refractivity contribution in [3.8, 4) is 5.75 Å². The van der Waals surface area contributed by atoms with E-state index in [1.807, 2.05) is 6.92 Å². The predicted molar refractivity (Wildman–Crippen MR) is 74.2 cm³/mol. The van der Waals surface area contributed by atoms with Crippen molar-refractivity contribution >= 4 is 30.1 Å². The molecule has 0 fully saturated rings. The van der Waals surface area contributed by atoms with E-state index in [1.54, 1.807) is 12.3 Å². The molecule has 0 aliphatic heterocycles. The Hall–Kier alpha value is -2.02. The molecule has 1 aromatic carbocycles. The van der Waals surface area contributed by atoms with Crippen molar-refractivity contribution in [3.63, 3.8) is 0 Å². The summed E-state index contributed by atoms with van der Waals surface area (Å²) in [5, 5.41) is 15.2. The van der Waals surface area contributed by atoms with Gasteiger partial charge in [0.25, 0.3) is 0 Å². The molecule has 0 saturated heterocycles. The van der Waals surface area contributed by atoms with Crippen LogP contribution in [-0.4, -0.2) is 38.5 Å². The molecule has 0 unspecified atom stereocenters. The molecule has 8 nitrogen and oxygen atoms in total. The first kappa shape index (κ1) is 17.0. The number of carbonyl (C=O) groups excluding carboxylic acids is 1. The van der Waals surface area contributed by atoms with Gasteiger partial charge in [0.15, 0.2) is 0 Å². The topological polar surface area (TPSA) is 133 Å². The summed E-state index contributed by atoms with van der Waals surface area (Å²) in [4.78, 5) is 10.7. The molecule has 1 amide bonds. The van der Waals surface area contributed by atoms with Gasteiger partial charge in [0.2, 0.25) is 0 Å². The zero-order valence-corrected chi connectivity index (χ0v) is 13.2. The van der Waals surface area contributed by atoms with Crippen LogP contribution >= 0.6 is 0 Å². The van der Waals surface area contributed by atoms with Gasteiger partial charge in [0.1, 0.15) is 5.76 Å². The van der Waals surface area contributed by atoms with Crippen LogP contribution in [0.4, 0.5) is 5.69 Å². The number of hydrogen-bond acceptors (Lipinski definition) is 5. The van der Waals surface area contributed by atoms with Gasteiger partial charge in [0, 0.05) is 6.07 Å². The van der Waals surface area contributed by atoms with Crippen LogP contribution in [0, 0.1) is 6.92 Å². The molecule has 0 radical (unpaired) electrons. The maximum absolute atomic E-state index is 11.0. The summed E-state index contributed by atoms with van der Waals surface area (Å²) in [6.07, 6.45) is 1.62. The van der Waals surface area contributed by atoms with E-state index < -0.39 is 30.2 Å². The van der Waals surface area contributed by atoms with E-state index in [-0.39, 0.29) is 5.69 Å². The Morgan fingerprint density at radius 2 is 2.00 bits per heavy atom. The number of anilines is 1. The Labute approximate surface area is 123 Å². The summed E-state index contributed by atoms with van der Waals surface area (Å²) in [5.74, 6) is -0.157. The van der Waals surface area contributed by atoms with E-state index in [2.05, 4.69) is 15.0 Å². The molecule has 0 aliphatic rings. The van der Waals surface area contributed by atoms with E-state index in [1.165, 1.54) is 19.1 Å². The third kappa shape index (κ3) is 5.47. The summed E-state index contributed by atoms with van der Waals surface area (Å²) in [7, 11) is 0. The summed E-state index contributed by atoms with van der Waals surface area (Å²) < 4.78 is 33.0. The molecule has 1 heterocycles. The standard InChI is InChI=1S/C8H10AsNO5.C4H5NO/c1-5(11)10-7-4-2-3-6(8(7)12)9(13,14)15;1-4-2-3-5-6-4/h2-4,12H,1H3,(H,10,11)(H2,13,14,15);2-3H,1H3. The number of nitrogens with zero attached hydrogens (tertiary/aromatic N) is 1. The van der Waals surface area contributed by atoms with Gasteiger partial charge in [-0.15, -0.1) is 0 Å². The average molecular weight is 358 g/mol. The smallest absolute Gasteiger partial charge is 0.133 e. The Kier molecular flexibility index (Phi) is 5.77. The number of phenolic OH excluding ortho intramolecular Hbond substituents is 1. The molecule has 21 heavy (non-hydrogen) atoms. The minimum atomic E-state index is -5.15. The monoisotopic (exact) mass is 358 g/mol. The van der Waals surface area contributed by atoms with Crippen LogP contribution in [0.5, 0.6) is 5.75 Å². The summed E-state index contributed by atoms with van der Waals surface area (Å²) in [6, 6.07) is 5.63. The minimum Gasteiger partial charge on any atom is -0.362 e. The molecule has 2 rings (SSSR count). The predicted octanol–water partition coefficient (Wildman–Crippen LogP) is -0.105. The van der Waals surface area contributed by atoms with Crippen LogP contribution in [0.1, 0.15) is 12.7 Å². The van der Waals surface area contributed by atoms with E-state index >= 15 is 0 Å². The number of hydrogen-bond donors (Lipinski definition) is 4. The zero-order valence-electron chi connectivity index (χ0n) is 11.3. The molecule has 0 bridgehead atoms. The third-order valence-electron chi connectivity index (χ3n) is 2.21. The van der Waals surface area contributed by atoms with Crippen molar-refractivity contribution in [2.45, 2.75) is 13.8 Å². The van der Waals surface area contributed by atoms with Crippen LogP contribution < -0.4 is 9.67 Å². The molecule has 0 aliphatic carbocycles. The second-order valence-electron chi connectivity index (χ2n) is 4.02. The number of phenols is 1. The van der Waals surface area contributed by atoms with Crippen molar-refractivity contribution in [3.05, 3.63) is 36.2 Å². The number of nitrogens with one attached hydrogen (secondary N) is 1. The maximum atomic E-state index is 11.0. The number of rotatable bonds is 2. The van der Waals surface area contributed by atoms with E-state index in [0.717, 1.165) is 11.8 Å². The first-order valence-electron chi connectivity index (χ1n) is 5.74. The number of para-hydroxylation sites is 1. The van der Waals surface area contributed by atoms with Gasteiger partial charge < -0.3 is 4.52 Å². The van der Waals surface area contributed by atoms with Gasteiger partial charge in [-0.3, -0.25) is 0 Å². The second-order valence-corrected chi connectivity index (χ2v) is 7.32. The fourth-order valence-electron chi connectivity index (χ4n) is 1.34. The molecule has 0 saturated carbocycles. The number of aryl methyl sites for hydroxylation is 1. The van der Waals surface area contributed by atoms with E-state index in [0.29, 0.717) is 0 Å². The minimum absolute atomic E-state index is 0.00951. The quantitative estimate of drug-likeness (QED) is 0.435. The van der Waals surface area contributed by atoms with Crippen LogP contribution in [0.15, 0.2) is 35.0 Å². The van der Waals surface area contributed by atoms with Crippen molar-refractivity contribution in [1.82, 2.24) is 5.16 Å². The molecular weight excluding hydrogens is 343 g/mol. The summed E-state index contributed by atoms with van der Waals surface area (Å²) in [5.41, 5.74) is -0.00951. The molecule has 0 spiro atoms. The number of aromatic hydroxyl groups is 1. The van der Waals surface area contributed by atoms with E-state index in [4.69, 9.17) is 8.19 Å². The van der Waals surface area contributed by atoms with Crippen molar-refractivity contribution in [2.24, 2.45) is 0 Å². The van der Waals surface area contributed by atoms with Crippen molar-refractivity contribution in [2.75, 3.05) is 5.32 Å². The first-order chi connectivity index (χ1) is 9.71. The van der Waals surface area contributed by atoms with Gasteiger partial charge in [-0.2, -0.15) is 0 Å². The normalized spacial score (nSPS) is 10.5. The number of benzene rings is 1. The van der Waals surface area contributed by atoms with Gasteiger partial charge in [-0.25, -0.2) is 0 Å². The first-order valence-corrected chi connectivity index (χ1v) is 9.13.